The van der Waals surface area contributed by atoms with Gasteiger partial charge in [0, 0.05) is 5.56 Å². The summed E-state index contributed by atoms with van der Waals surface area (Å²) in [5, 5.41) is 16.1. The smallest absolute Gasteiger partial charge is 0.263 e. The molecule has 3 rings (SSSR count). The van der Waals surface area contributed by atoms with Crippen LogP contribution in [-0.4, -0.2) is 32.3 Å². The summed E-state index contributed by atoms with van der Waals surface area (Å²) < 4.78 is 12.8. The first-order valence-electron chi connectivity index (χ1n) is 7.22. The van der Waals surface area contributed by atoms with E-state index in [9.17, 15) is 9.18 Å². The van der Waals surface area contributed by atoms with Gasteiger partial charge in [-0.15, -0.1) is 10.2 Å². The number of nitrogens with zero attached hydrogens (tertiary/aromatic N) is 5. The summed E-state index contributed by atoms with van der Waals surface area (Å²) in [6, 6.07) is 12.8. The Morgan fingerprint density at radius 2 is 2.00 bits per heavy atom. The lowest BCUT2D eigenvalue weighted by Crippen LogP contribution is -2.24. The van der Waals surface area contributed by atoms with Crippen LogP contribution in [0.2, 0.25) is 5.02 Å². The van der Waals surface area contributed by atoms with Gasteiger partial charge in [-0.1, -0.05) is 35.9 Å². The predicted molar refractivity (Wildman–Crippen MR) is 90.4 cm³/mol. The maximum absolute atomic E-state index is 12.8. The lowest BCUT2D eigenvalue weighted by atomic mass is 10.2. The molecule has 126 valence electrons. The summed E-state index contributed by atoms with van der Waals surface area (Å²) in [6.07, 6.45) is 1.40. The van der Waals surface area contributed by atoms with Crippen LogP contribution in [0.1, 0.15) is 5.56 Å². The van der Waals surface area contributed by atoms with E-state index in [-0.39, 0.29) is 12.4 Å². The average Bonchev–Trinajstić information content (AvgIpc) is 3.05. The number of aromatic nitrogens is 4. The number of amides is 1. The van der Waals surface area contributed by atoms with E-state index in [0.29, 0.717) is 22.0 Å². The Kier molecular flexibility index (Phi) is 5.10. The van der Waals surface area contributed by atoms with Crippen LogP contribution in [0.5, 0.6) is 0 Å². The summed E-state index contributed by atoms with van der Waals surface area (Å²) in [7, 11) is 0. The Bertz CT molecular complexity index is 909. The molecule has 1 N–H and O–H groups in total. The molecule has 0 aliphatic heterocycles. The molecule has 0 fully saturated rings. The Balaban J connectivity index is 1.58. The van der Waals surface area contributed by atoms with E-state index in [1.165, 1.54) is 18.3 Å². The van der Waals surface area contributed by atoms with Gasteiger partial charge >= 0.3 is 0 Å². The van der Waals surface area contributed by atoms with E-state index in [0.717, 1.165) is 4.80 Å². The minimum absolute atomic E-state index is 0.155. The lowest BCUT2D eigenvalue weighted by molar-refractivity contribution is -0.122. The van der Waals surface area contributed by atoms with Crippen molar-refractivity contribution in [2.24, 2.45) is 5.10 Å². The average molecular weight is 359 g/mol. The first-order valence-corrected chi connectivity index (χ1v) is 7.60. The minimum Gasteiger partial charge on any atom is -0.271 e. The first-order chi connectivity index (χ1) is 12.1. The van der Waals surface area contributed by atoms with Crippen LogP contribution in [0.25, 0.3) is 11.4 Å². The second-order valence-electron chi connectivity index (χ2n) is 4.97. The minimum atomic E-state index is -0.429. The van der Waals surface area contributed by atoms with Crippen molar-refractivity contribution in [2.45, 2.75) is 6.54 Å². The van der Waals surface area contributed by atoms with Crippen molar-refractivity contribution >= 4 is 23.7 Å². The standard InChI is InChI=1S/C16H12ClFN6O/c17-14-4-2-1-3-13(14)16-21-23-24(22-16)10-15(25)20-19-9-11-5-7-12(18)8-6-11/h1-9H,10H2,(H,20,25)/b19-9-. The molecular formula is C16H12ClFN6O. The van der Waals surface area contributed by atoms with Crippen molar-refractivity contribution in [3.8, 4) is 11.4 Å². The molecule has 3 aromatic rings. The second-order valence-corrected chi connectivity index (χ2v) is 5.38. The SMILES string of the molecule is O=C(Cn1nnc(-c2ccccc2Cl)n1)N/N=C\c1ccc(F)cc1. The number of halogens is 2. The van der Waals surface area contributed by atoms with Crippen molar-refractivity contribution in [3.63, 3.8) is 0 Å². The molecule has 2 aromatic carbocycles. The molecule has 0 spiro atoms. The van der Waals surface area contributed by atoms with Crippen LogP contribution < -0.4 is 5.43 Å². The summed E-state index contributed by atoms with van der Waals surface area (Å²) >= 11 is 6.07. The monoisotopic (exact) mass is 358 g/mol. The number of hydrogen-bond acceptors (Lipinski definition) is 5. The van der Waals surface area contributed by atoms with Crippen molar-refractivity contribution in [1.82, 2.24) is 25.6 Å². The third kappa shape index (κ3) is 4.45. The van der Waals surface area contributed by atoms with Crippen LogP contribution in [-0.2, 0) is 11.3 Å². The van der Waals surface area contributed by atoms with E-state index in [1.807, 2.05) is 0 Å². The Morgan fingerprint density at radius 1 is 1.24 bits per heavy atom. The molecule has 1 amide bonds. The van der Waals surface area contributed by atoms with Gasteiger partial charge in [0.05, 0.1) is 11.2 Å². The summed E-state index contributed by atoms with van der Waals surface area (Å²) in [5.41, 5.74) is 3.62. The van der Waals surface area contributed by atoms with Gasteiger partial charge in [-0.3, -0.25) is 4.79 Å². The number of tetrazole rings is 1. The van der Waals surface area contributed by atoms with E-state index < -0.39 is 5.91 Å². The molecule has 0 saturated carbocycles. The molecule has 0 aliphatic carbocycles. The molecular weight excluding hydrogens is 347 g/mol. The number of hydrazone groups is 1. The number of rotatable bonds is 5. The van der Waals surface area contributed by atoms with Crippen molar-refractivity contribution in [2.75, 3.05) is 0 Å². The summed E-state index contributed by atoms with van der Waals surface area (Å²) in [4.78, 5) is 13.0. The Morgan fingerprint density at radius 3 is 2.76 bits per heavy atom. The third-order valence-electron chi connectivity index (χ3n) is 3.13. The highest BCUT2D eigenvalue weighted by atomic mass is 35.5. The highest BCUT2D eigenvalue weighted by Crippen LogP contribution is 2.23. The molecule has 1 aromatic heterocycles. The molecule has 9 heteroatoms. The van der Waals surface area contributed by atoms with Crippen LogP contribution >= 0.6 is 11.6 Å². The zero-order chi connectivity index (χ0) is 17.6. The largest absolute Gasteiger partial charge is 0.271 e. The van der Waals surface area contributed by atoms with Crippen LogP contribution in [0.15, 0.2) is 53.6 Å². The highest BCUT2D eigenvalue weighted by Gasteiger charge is 2.11. The fraction of sp³-hybridized carbons (Fsp3) is 0.0625. The van der Waals surface area contributed by atoms with Gasteiger partial charge in [-0.05, 0) is 35.0 Å². The molecule has 0 unspecified atom stereocenters. The van der Waals surface area contributed by atoms with E-state index in [2.05, 4.69) is 25.9 Å². The normalized spacial score (nSPS) is 11.0. The fourth-order valence-electron chi connectivity index (χ4n) is 1.95. The van der Waals surface area contributed by atoms with Gasteiger partial charge < -0.3 is 0 Å². The number of carbonyl (C=O) groups excluding carboxylic acids is 1. The van der Waals surface area contributed by atoms with Gasteiger partial charge in [-0.25, -0.2) is 9.82 Å². The predicted octanol–water partition coefficient (Wildman–Crippen LogP) is 2.28. The van der Waals surface area contributed by atoms with E-state index in [1.54, 1.807) is 36.4 Å². The molecule has 0 saturated heterocycles. The first kappa shape index (κ1) is 16.7. The third-order valence-corrected chi connectivity index (χ3v) is 3.46. The quantitative estimate of drug-likeness (QED) is 0.560. The molecule has 0 aliphatic rings. The van der Waals surface area contributed by atoms with Crippen LogP contribution in [0, 0.1) is 5.82 Å². The summed E-state index contributed by atoms with van der Waals surface area (Å²) in [6.45, 7) is -0.155. The van der Waals surface area contributed by atoms with Gasteiger partial charge in [0.1, 0.15) is 12.4 Å². The molecule has 7 nitrogen and oxygen atoms in total. The van der Waals surface area contributed by atoms with Crippen LogP contribution in [0.4, 0.5) is 4.39 Å². The maximum atomic E-state index is 12.8. The molecule has 0 atom stereocenters. The fourth-order valence-corrected chi connectivity index (χ4v) is 2.17. The van der Waals surface area contributed by atoms with E-state index >= 15 is 0 Å². The topological polar surface area (TPSA) is 85.1 Å². The van der Waals surface area contributed by atoms with Gasteiger partial charge in [0.25, 0.3) is 5.91 Å². The number of hydrogen-bond donors (Lipinski definition) is 1. The zero-order valence-corrected chi connectivity index (χ0v) is 13.6. The highest BCUT2D eigenvalue weighted by molar-refractivity contribution is 6.33. The van der Waals surface area contributed by atoms with Gasteiger partial charge in [0.15, 0.2) is 0 Å². The number of carbonyl (C=O) groups is 1. The Hall–Kier alpha value is -3.13. The lowest BCUT2D eigenvalue weighted by Gasteiger charge is -1.99. The van der Waals surface area contributed by atoms with Crippen LogP contribution in [0.3, 0.4) is 0 Å². The van der Waals surface area contributed by atoms with Crippen molar-refractivity contribution in [3.05, 3.63) is 64.9 Å². The summed E-state index contributed by atoms with van der Waals surface area (Å²) in [5.74, 6) is -0.442. The number of benzene rings is 2. The molecule has 0 bridgehead atoms. The van der Waals surface area contributed by atoms with Gasteiger partial charge in [0.2, 0.25) is 5.82 Å². The van der Waals surface area contributed by atoms with E-state index in [4.69, 9.17) is 11.6 Å². The molecule has 0 radical (unpaired) electrons. The number of nitrogens with one attached hydrogen (secondary N) is 1. The second kappa shape index (κ2) is 7.63. The molecule has 1 heterocycles. The maximum Gasteiger partial charge on any atom is 0.263 e. The zero-order valence-electron chi connectivity index (χ0n) is 12.8. The van der Waals surface area contributed by atoms with Crippen molar-refractivity contribution < 1.29 is 9.18 Å². The Labute approximate surface area is 147 Å². The van der Waals surface area contributed by atoms with Crippen molar-refractivity contribution in [1.29, 1.82) is 0 Å². The van der Waals surface area contributed by atoms with Gasteiger partial charge in [-0.2, -0.15) is 9.90 Å². The molecule has 25 heavy (non-hydrogen) atoms.